The van der Waals surface area contributed by atoms with Crippen molar-refractivity contribution in [2.75, 3.05) is 30.8 Å². The van der Waals surface area contributed by atoms with E-state index in [4.69, 9.17) is 17.2 Å². The maximum absolute atomic E-state index is 6.98. The molecule has 4 unspecified atom stereocenters. The van der Waals surface area contributed by atoms with Crippen LogP contribution in [0.4, 0.5) is 5.69 Å². The zero-order chi connectivity index (χ0) is 22.7. The number of benzene rings is 1. The molecular weight excluding hydrogens is 418 g/mol. The molecule has 0 spiro atoms. The van der Waals surface area contributed by atoms with E-state index in [0.717, 1.165) is 31.6 Å². The van der Waals surface area contributed by atoms with Crippen LogP contribution in [0.2, 0.25) is 0 Å². The smallest absolute Gasteiger partial charge is 0.139 e. The SMILES string of the molecule is CCN1CCCC1CN1C(N)N(c2ccc(SC)cc2)C(N)N(C2CCCCCC2)C1N. The third-order valence-electron chi connectivity index (χ3n) is 7.80. The lowest BCUT2D eigenvalue weighted by atomic mass is 10.1. The van der Waals surface area contributed by atoms with Crippen LogP contribution in [-0.2, 0) is 0 Å². The maximum atomic E-state index is 6.98. The van der Waals surface area contributed by atoms with Gasteiger partial charge in [-0.05, 0) is 69.3 Å². The molecule has 0 radical (unpaired) electrons. The van der Waals surface area contributed by atoms with Gasteiger partial charge in [-0.25, -0.2) is 9.80 Å². The number of nitrogens with two attached hydrogens (primary N) is 3. The minimum Gasteiger partial charge on any atom is -0.315 e. The highest BCUT2D eigenvalue weighted by molar-refractivity contribution is 7.98. The van der Waals surface area contributed by atoms with Gasteiger partial charge in [0.2, 0.25) is 0 Å². The molecule has 3 aliphatic rings. The molecule has 0 bridgehead atoms. The summed E-state index contributed by atoms with van der Waals surface area (Å²) in [5.41, 5.74) is 21.9. The van der Waals surface area contributed by atoms with E-state index in [2.05, 4.69) is 57.0 Å². The van der Waals surface area contributed by atoms with Crippen molar-refractivity contribution in [3.8, 4) is 0 Å². The van der Waals surface area contributed by atoms with Crippen molar-refractivity contribution in [2.24, 2.45) is 17.2 Å². The van der Waals surface area contributed by atoms with Gasteiger partial charge in [-0.1, -0.05) is 32.6 Å². The topological polar surface area (TPSA) is 91.0 Å². The third-order valence-corrected chi connectivity index (χ3v) is 8.55. The number of likely N-dealkylation sites (tertiary alicyclic amines) is 1. The molecule has 1 aromatic carbocycles. The van der Waals surface area contributed by atoms with Crippen molar-refractivity contribution in [3.63, 3.8) is 0 Å². The van der Waals surface area contributed by atoms with E-state index >= 15 is 0 Å². The van der Waals surface area contributed by atoms with Crippen molar-refractivity contribution in [2.45, 2.75) is 94.1 Å². The lowest BCUT2D eigenvalue weighted by Crippen LogP contribution is -2.80. The highest BCUT2D eigenvalue weighted by Crippen LogP contribution is 2.33. The van der Waals surface area contributed by atoms with Crippen molar-refractivity contribution in [3.05, 3.63) is 24.3 Å². The van der Waals surface area contributed by atoms with Gasteiger partial charge in [0.1, 0.15) is 18.9 Å². The molecule has 3 fully saturated rings. The van der Waals surface area contributed by atoms with Gasteiger partial charge in [-0.2, -0.15) is 0 Å². The first kappa shape index (κ1) is 24.3. The Hall–Kier alpha value is -0.870. The fourth-order valence-electron chi connectivity index (χ4n) is 5.97. The molecule has 2 aliphatic heterocycles. The Kier molecular flexibility index (Phi) is 8.37. The summed E-state index contributed by atoms with van der Waals surface area (Å²) in [6.45, 7) is 5.38. The van der Waals surface area contributed by atoms with Crippen LogP contribution in [0, 0.1) is 0 Å². The summed E-state index contributed by atoms with van der Waals surface area (Å²) in [7, 11) is 0. The summed E-state index contributed by atoms with van der Waals surface area (Å²) < 4.78 is 0. The highest BCUT2D eigenvalue weighted by atomic mass is 32.2. The average molecular weight is 462 g/mol. The fourth-order valence-corrected chi connectivity index (χ4v) is 6.38. The number of anilines is 1. The molecule has 8 heteroatoms. The van der Waals surface area contributed by atoms with E-state index in [-0.39, 0.29) is 18.9 Å². The summed E-state index contributed by atoms with van der Waals surface area (Å²) in [5.74, 6) is 0. The summed E-state index contributed by atoms with van der Waals surface area (Å²) in [6, 6.07) is 9.52. The van der Waals surface area contributed by atoms with Gasteiger partial charge in [-0.3, -0.25) is 16.4 Å². The largest absolute Gasteiger partial charge is 0.315 e. The lowest BCUT2D eigenvalue weighted by molar-refractivity contribution is -0.0917. The minimum absolute atomic E-state index is 0.260. The zero-order valence-electron chi connectivity index (χ0n) is 19.9. The predicted octanol–water partition coefficient (Wildman–Crippen LogP) is 2.77. The van der Waals surface area contributed by atoms with Gasteiger partial charge >= 0.3 is 0 Å². The third kappa shape index (κ3) is 4.97. The normalized spacial score (nSPS) is 31.8. The number of rotatable bonds is 6. The number of thioether (sulfide) groups is 1. The molecule has 180 valence electrons. The van der Waals surface area contributed by atoms with E-state index in [1.807, 2.05) is 0 Å². The number of hydrogen-bond donors (Lipinski definition) is 3. The van der Waals surface area contributed by atoms with E-state index in [1.54, 1.807) is 11.8 Å². The van der Waals surface area contributed by atoms with Gasteiger partial charge in [0.05, 0.1) is 0 Å². The van der Waals surface area contributed by atoms with Crippen molar-refractivity contribution >= 4 is 17.4 Å². The van der Waals surface area contributed by atoms with Crippen LogP contribution < -0.4 is 22.1 Å². The van der Waals surface area contributed by atoms with Crippen molar-refractivity contribution in [1.29, 1.82) is 0 Å². The van der Waals surface area contributed by atoms with Crippen molar-refractivity contribution in [1.82, 2.24) is 14.7 Å². The first-order chi connectivity index (χ1) is 15.5. The Morgan fingerprint density at radius 1 is 0.875 bits per heavy atom. The Labute approximate surface area is 198 Å². The van der Waals surface area contributed by atoms with Crippen LogP contribution in [0.3, 0.4) is 0 Å². The van der Waals surface area contributed by atoms with Crippen LogP contribution in [0.25, 0.3) is 0 Å². The van der Waals surface area contributed by atoms with E-state index < -0.39 is 0 Å². The summed E-state index contributed by atoms with van der Waals surface area (Å²) in [5, 5.41) is 0. The Balaban J connectivity index is 1.64. The van der Waals surface area contributed by atoms with Crippen LogP contribution in [0.1, 0.15) is 58.3 Å². The van der Waals surface area contributed by atoms with Crippen LogP contribution in [0.15, 0.2) is 29.2 Å². The molecule has 0 amide bonds. The second-order valence-electron chi connectivity index (χ2n) is 9.56. The van der Waals surface area contributed by atoms with Gasteiger partial charge in [0.25, 0.3) is 0 Å². The molecule has 4 atom stereocenters. The second kappa shape index (κ2) is 11.0. The van der Waals surface area contributed by atoms with Gasteiger partial charge < -0.3 is 10.6 Å². The monoisotopic (exact) mass is 461 g/mol. The highest BCUT2D eigenvalue weighted by Gasteiger charge is 2.45. The van der Waals surface area contributed by atoms with Gasteiger partial charge in [0.15, 0.2) is 0 Å². The summed E-state index contributed by atoms with van der Waals surface area (Å²) in [4.78, 5) is 10.7. The number of nitrogens with zero attached hydrogens (tertiary/aromatic N) is 4. The van der Waals surface area contributed by atoms with E-state index in [1.165, 1.54) is 50.0 Å². The first-order valence-corrected chi connectivity index (χ1v) is 13.7. The van der Waals surface area contributed by atoms with Crippen LogP contribution in [-0.4, -0.2) is 71.5 Å². The molecular formula is C24H43N7S. The Bertz CT molecular complexity index is 709. The average Bonchev–Trinajstić information content (AvgIpc) is 3.09. The molecule has 1 aromatic rings. The van der Waals surface area contributed by atoms with Crippen LogP contribution in [0.5, 0.6) is 0 Å². The minimum atomic E-state index is -0.346. The molecule has 2 heterocycles. The molecule has 1 aliphatic carbocycles. The number of hydrogen-bond acceptors (Lipinski definition) is 8. The van der Waals surface area contributed by atoms with Gasteiger partial charge in [0, 0.05) is 29.2 Å². The molecule has 7 nitrogen and oxygen atoms in total. The molecule has 1 saturated carbocycles. The zero-order valence-corrected chi connectivity index (χ0v) is 20.7. The summed E-state index contributed by atoms with van der Waals surface area (Å²) in [6.07, 6.45) is 11.1. The van der Waals surface area contributed by atoms with Crippen LogP contribution >= 0.6 is 11.8 Å². The maximum Gasteiger partial charge on any atom is 0.139 e. The fraction of sp³-hybridized carbons (Fsp3) is 0.750. The molecule has 0 aromatic heterocycles. The van der Waals surface area contributed by atoms with E-state index in [9.17, 15) is 0 Å². The number of likely N-dealkylation sites (N-methyl/N-ethyl adjacent to an activating group) is 1. The standard InChI is InChI=1S/C24H43N7S/c1-3-28-16-8-11-20(28)17-29-22(25)30(18-9-6-4-5-7-10-18)24(27)31(23(29)26)19-12-14-21(32-2)15-13-19/h12-15,18,20,22-24H,3-11,16-17,25-27H2,1-2H3. The first-order valence-electron chi connectivity index (χ1n) is 12.5. The molecule has 2 saturated heterocycles. The van der Waals surface area contributed by atoms with Crippen molar-refractivity contribution < 1.29 is 0 Å². The lowest BCUT2D eigenvalue weighted by Gasteiger charge is -2.57. The molecule has 6 N–H and O–H groups in total. The summed E-state index contributed by atoms with van der Waals surface area (Å²) >= 11 is 1.75. The van der Waals surface area contributed by atoms with E-state index in [0.29, 0.717) is 12.1 Å². The molecule has 4 rings (SSSR count). The van der Waals surface area contributed by atoms with Gasteiger partial charge in [-0.15, -0.1) is 11.8 Å². The predicted molar refractivity (Wildman–Crippen MR) is 135 cm³/mol. The molecule has 32 heavy (non-hydrogen) atoms. The second-order valence-corrected chi connectivity index (χ2v) is 10.4. The Morgan fingerprint density at radius 3 is 2.19 bits per heavy atom. The quantitative estimate of drug-likeness (QED) is 0.440. The Morgan fingerprint density at radius 2 is 1.56 bits per heavy atom.